The summed E-state index contributed by atoms with van der Waals surface area (Å²) in [6, 6.07) is 5.10. The lowest BCUT2D eigenvalue weighted by Gasteiger charge is -2.13. The monoisotopic (exact) mass is 257 g/mol. The van der Waals surface area contributed by atoms with Crippen LogP contribution in [0.3, 0.4) is 0 Å². The van der Waals surface area contributed by atoms with E-state index in [1.165, 1.54) is 0 Å². The van der Waals surface area contributed by atoms with Gasteiger partial charge in [0, 0.05) is 10.2 Å². The van der Waals surface area contributed by atoms with Crippen molar-refractivity contribution in [3.05, 3.63) is 28.2 Å². The molecular weight excluding hydrogens is 246 g/mol. The van der Waals surface area contributed by atoms with E-state index in [1.807, 2.05) is 25.1 Å². The van der Waals surface area contributed by atoms with Crippen LogP contribution in [-0.4, -0.2) is 17.1 Å². The van der Waals surface area contributed by atoms with Crippen LogP contribution in [0.4, 0.5) is 5.69 Å². The Morgan fingerprint density at radius 3 is 2.79 bits per heavy atom. The minimum atomic E-state index is -0.863. The Bertz CT molecular complexity index is 352. The number of rotatable bonds is 3. The van der Waals surface area contributed by atoms with E-state index in [1.54, 1.807) is 6.92 Å². The summed E-state index contributed by atoms with van der Waals surface area (Å²) < 4.78 is 0.910. The number of carboxylic acids is 1. The van der Waals surface area contributed by atoms with Crippen molar-refractivity contribution in [3.63, 3.8) is 0 Å². The molecule has 0 bridgehead atoms. The van der Waals surface area contributed by atoms with Crippen molar-refractivity contribution in [2.45, 2.75) is 19.9 Å². The zero-order valence-electron chi connectivity index (χ0n) is 8.04. The molecule has 1 unspecified atom stereocenters. The van der Waals surface area contributed by atoms with E-state index < -0.39 is 12.0 Å². The van der Waals surface area contributed by atoms with Gasteiger partial charge in [0.05, 0.1) is 0 Å². The second-order valence-electron chi connectivity index (χ2n) is 3.14. The summed E-state index contributed by atoms with van der Waals surface area (Å²) in [4.78, 5) is 10.6. The molecule has 76 valence electrons. The number of aliphatic carboxylic acids is 1. The lowest BCUT2D eigenvalue weighted by atomic mass is 10.2. The fourth-order valence-corrected chi connectivity index (χ4v) is 1.43. The fourth-order valence-electron chi connectivity index (χ4n) is 1.05. The molecule has 1 rings (SSSR count). The average molecular weight is 258 g/mol. The largest absolute Gasteiger partial charge is 0.480 e. The maximum Gasteiger partial charge on any atom is 0.325 e. The van der Waals surface area contributed by atoms with Gasteiger partial charge in [0.15, 0.2) is 0 Å². The number of anilines is 1. The molecule has 0 aliphatic carbocycles. The van der Waals surface area contributed by atoms with Crippen LogP contribution in [0.25, 0.3) is 0 Å². The summed E-state index contributed by atoms with van der Waals surface area (Å²) in [5.41, 5.74) is 1.88. The Kier molecular flexibility index (Phi) is 3.52. The summed E-state index contributed by atoms with van der Waals surface area (Å²) >= 11 is 3.40. The molecular formula is C10H12BrNO2. The van der Waals surface area contributed by atoms with Crippen molar-refractivity contribution in [1.29, 1.82) is 0 Å². The molecule has 14 heavy (non-hydrogen) atoms. The van der Waals surface area contributed by atoms with Crippen molar-refractivity contribution < 1.29 is 9.90 Å². The summed E-state index contributed by atoms with van der Waals surface area (Å²) in [6.07, 6.45) is 0. The molecule has 0 amide bonds. The maximum absolute atomic E-state index is 10.6. The molecule has 0 fully saturated rings. The molecule has 4 heteroatoms. The van der Waals surface area contributed by atoms with Crippen LogP contribution in [0.2, 0.25) is 0 Å². The minimum absolute atomic E-state index is 0.590. The van der Waals surface area contributed by atoms with Gasteiger partial charge in [-0.25, -0.2) is 0 Å². The molecule has 0 heterocycles. The van der Waals surface area contributed by atoms with Gasteiger partial charge in [-0.05, 0) is 41.4 Å². The predicted molar refractivity (Wildman–Crippen MR) is 59.6 cm³/mol. The standard InChI is InChI=1S/C10H12BrNO2/c1-6-4-3-5-8(9(6)11)12-7(2)10(13)14/h3-5,7,12H,1-2H3,(H,13,14). The van der Waals surface area contributed by atoms with Gasteiger partial charge in [-0.15, -0.1) is 0 Å². The number of carboxylic acid groups (broad SMARTS) is 1. The van der Waals surface area contributed by atoms with Crippen molar-refractivity contribution in [1.82, 2.24) is 0 Å². The summed E-state index contributed by atoms with van der Waals surface area (Å²) in [5, 5.41) is 11.6. The highest BCUT2D eigenvalue weighted by atomic mass is 79.9. The first-order valence-electron chi connectivity index (χ1n) is 4.27. The first kappa shape index (κ1) is 11.0. The first-order valence-corrected chi connectivity index (χ1v) is 5.06. The smallest absolute Gasteiger partial charge is 0.325 e. The Labute approximate surface area is 91.3 Å². The highest BCUT2D eigenvalue weighted by Gasteiger charge is 2.11. The van der Waals surface area contributed by atoms with Gasteiger partial charge in [-0.1, -0.05) is 12.1 Å². The zero-order chi connectivity index (χ0) is 10.7. The molecule has 0 radical (unpaired) electrons. The molecule has 1 aromatic rings. The third-order valence-electron chi connectivity index (χ3n) is 1.93. The second-order valence-corrected chi connectivity index (χ2v) is 3.93. The van der Waals surface area contributed by atoms with E-state index in [0.717, 1.165) is 15.7 Å². The fraction of sp³-hybridized carbons (Fsp3) is 0.300. The van der Waals surface area contributed by atoms with Gasteiger partial charge in [-0.3, -0.25) is 4.79 Å². The van der Waals surface area contributed by atoms with E-state index in [0.29, 0.717) is 0 Å². The van der Waals surface area contributed by atoms with Crippen LogP contribution in [-0.2, 0) is 4.79 Å². The van der Waals surface area contributed by atoms with Gasteiger partial charge in [0.1, 0.15) is 6.04 Å². The highest BCUT2D eigenvalue weighted by Crippen LogP contribution is 2.26. The number of aryl methyl sites for hydroxylation is 1. The number of halogens is 1. The van der Waals surface area contributed by atoms with Gasteiger partial charge < -0.3 is 10.4 Å². The Morgan fingerprint density at radius 1 is 1.57 bits per heavy atom. The van der Waals surface area contributed by atoms with Crippen LogP contribution in [0.5, 0.6) is 0 Å². The predicted octanol–water partition coefficient (Wildman–Crippen LogP) is 2.64. The normalized spacial score (nSPS) is 12.2. The molecule has 0 aromatic heterocycles. The van der Waals surface area contributed by atoms with E-state index in [4.69, 9.17) is 5.11 Å². The maximum atomic E-state index is 10.6. The number of hydrogen-bond donors (Lipinski definition) is 2. The van der Waals surface area contributed by atoms with Crippen molar-refractivity contribution in [2.24, 2.45) is 0 Å². The number of hydrogen-bond acceptors (Lipinski definition) is 2. The Balaban J connectivity index is 2.87. The topological polar surface area (TPSA) is 49.3 Å². The van der Waals surface area contributed by atoms with Crippen LogP contribution in [0, 0.1) is 6.92 Å². The number of nitrogens with one attached hydrogen (secondary N) is 1. The first-order chi connectivity index (χ1) is 6.52. The summed E-state index contributed by atoms with van der Waals surface area (Å²) in [7, 11) is 0. The van der Waals surface area contributed by atoms with E-state index in [2.05, 4.69) is 21.2 Å². The van der Waals surface area contributed by atoms with Gasteiger partial charge in [-0.2, -0.15) is 0 Å². The second kappa shape index (κ2) is 4.46. The zero-order valence-corrected chi connectivity index (χ0v) is 9.63. The van der Waals surface area contributed by atoms with Crippen LogP contribution in [0.15, 0.2) is 22.7 Å². The van der Waals surface area contributed by atoms with Crippen molar-refractivity contribution in [3.8, 4) is 0 Å². The molecule has 1 aromatic carbocycles. The lowest BCUT2D eigenvalue weighted by molar-refractivity contribution is -0.137. The highest BCUT2D eigenvalue weighted by molar-refractivity contribution is 9.10. The van der Waals surface area contributed by atoms with Crippen molar-refractivity contribution in [2.75, 3.05) is 5.32 Å². The van der Waals surface area contributed by atoms with E-state index in [9.17, 15) is 4.79 Å². The van der Waals surface area contributed by atoms with Gasteiger partial charge in [0.25, 0.3) is 0 Å². The quantitative estimate of drug-likeness (QED) is 0.876. The van der Waals surface area contributed by atoms with Gasteiger partial charge in [0.2, 0.25) is 0 Å². The van der Waals surface area contributed by atoms with Crippen LogP contribution in [0.1, 0.15) is 12.5 Å². The SMILES string of the molecule is Cc1cccc(NC(C)C(=O)O)c1Br. The third kappa shape index (κ3) is 2.48. The number of benzene rings is 1. The van der Waals surface area contributed by atoms with Crippen molar-refractivity contribution >= 4 is 27.6 Å². The molecule has 2 N–H and O–H groups in total. The third-order valence-corrected chi connectivity index (χ3v) is 2.99. The van der Waals surface area contributed by atoms with Gasteiger partial charge >= 0.3 is 5.97 Å². The number of carbonyl (C=O) groups is 1. The molecule has 0 aliphatic heterocycles. The van der Waals surface area contributed by atoms with E-state index in [-0.39, 0.29) is 0 Å². The molecule has 0 aliphatic rings. The van der Waals surface area contributed by atoms with E-state index >= 15 is 0 Å². The van der Waals surface area contributed by atoms with Crippen LogP contribution >= 0.6 is 15.9 Å². The average Bonchev–Trinajstić information content (AvgIpc) is 2.12. The molecule has 0 saturated heterocycles. The lowest BCUT2D eigenvalue weighted by Crippen LogP contribution is -2.25. The summed E-state index contributed by atoms with van der Waals surface area (Å²) in [6.45, 7) is 3.57. The minimum Gasteiger partial charge on any atom is -0.480 e. The molecule has 0 saturated carbocycles. The molecule has 0 spiro atoms. The molecule has 3 nitrogen and oxygen atoms in total. The summed E-state index contributed by atoms with van der Waals surface area (Å²) in [5.74, 6) is -0.863. The van der Waals surface area contributed by atoms with Crippen LogP contribution < -0.4 is 5.32 Å². The Hall–Kier alpha value is -1.03. The Morgan fingerprint density at radius 2 is 2.21 bits per heavy atom. The molecule has 1 atom stereocenters.